The minimum atomic E-state index is -0.462. The summed E-state index contributed by atoms with van der Waals surface area (Å²) < 4.78 is 10.7. The number of carbonyl (C=O) groups excluding carboxylic acids is 2. The van der Waals surface area contributed by atoms with Crippen LogP contribution in [-0.4, -0.2) is 56.7 Å². The van der Waals surface area contributed by atoms with E-state index in [0.29, 0.717) is 5.56 Å². The standard InChI is InChI=1S/C25H30N2O4/c1-26(23-8-4-6-20-5-2-3-7-22(20)23)24(28)18-31-25(29)21-11-9-19(10-12-21)17-27-13-15-30-16-14-27/h2-3,5,7,9-12,23H,4,6,8,13-18H2,1H3/p+1/t23-/m0/s1. The molecule has 6 nitrogen and oxygen atoms in total. The Bertz CT molecular complexity index is 906. The van der Waals surface area contributed by atoms with E-state index in [0.717, 1.165) is 52.1 Å². The molecule has 0 unspecified atom stereocenters. The van der Waals surface area contributed by atoms with Crippen LogP contribution in [0, 0.1) is 0 Å². The molecule has 1 amide bonds. The lowest BCUT2D eigenvalue weighted by atomic mass is 9.87. The minimum Gasteiger partial charge on any atom is -0.452 e. The molecule has 2 aromatic rings. The molecule has 4 rings (SSSR count). The number of morpholine rings is 1. The number of fused-ring (bicyclic) bond motifs is 1. The van der Waals surface area contributed by atoms with Crippen LogP contribution in [0.25, 0.3) is 0 Å². The number of hydrogen-bond acceptors (Lipinski definition) is 4. The molecular formula is C25H31N2O4+. The summed E-state index contributed by atoms with van der Waals surface area (Å²) in [5, 5.41) is 0. The van der Waals surface area contributed by atoms with Gasteiger partial charge in [0.25, 0.3) is 5.91 Å². The molecule has 1 aliphatic heterocycles. The number of rotatable bonds is 6. The van der Waals surface area contributed by atoms with Crippen LogP contribution in [0.4, 0.5) is 0 Å². The summed E-state index contributed by atoms with van der Waals surface area (Å²) in [5.41, 5.74) is 4.16. The Morgan fingerprint density at radius 1 is 1.10 bits per heavy atom. The summed E-state index contributed by atoms with van der Waals surface area (Å²) >= 11 is 0. The first-order chi connectivity index (χ1) is 15.1. The summed E-state index contributed by atoms with van der Waals surface area (Å²) in [6, 6.07) is 15.8. The topological polar surface area (TPSA) is 60.3 Å². The van der Waals surface area contributed by atoms with Crippen LogP contribution in [0.3, 0.4) is 0 Å². The summed E-state index contributed by atoms with van der Waals surface area (Å²) in [7, 11) is 1.80. The Kier molecular flexibility index (Phi) is 6.99. The van der Waals surface area contributed by atoms with E-state index >= 15 is 0 Å². The van der Waals surface area contributed by atoms with Crippen LogP contribution in [0.1, 0.15) is 45.9 Å². The molecule has 1 atom stereocenters. The summed E-state index contributed by atoms with van der Waals surface area (Å²) in [6.07, 6.45) is 3.03. The zero-order chi connectivity index (χ0) is 21.6. The van der Waals surface area contributed by atoms with Gasteiger partial charge in [0.2, 0.25) is 0 Å². The first-order valence-corrected chi connectivity index (χ1v) is 11.1. The quantitative estimate of drug-likeness (QED) is 0.720. The molecular weight excluding hydrogens is 392 g/mol. The molecule has 1 fully saturated rings. The minimum absolute atomic E-state index is 0.0399. The van der Waals surface area contributed by atoms with Crippen LogP contribution in [0.15, 0.2) is 48.5 Å². The van der Waals surface area contributed by atoms with Gasteiger partial charge in [0.1, 0.15) is 19.6 Å². The molecule has 0 saturated carbocycles. The smallest absolute Gasteiger partial charge is 0.338 e. The zero-order valence-electron chi connectivity index (χ0n) is 18.1. The highest BCUT2D eigenvalue weighted by molar-refractivity contribution is 5.91. The van der Waals surface area contributed by atoms with Gasteiger partial charge in [0, 0.05) is 12.6 Å². The van der Waals surface area contributed by atoms with Gasteiger partial charge in [0.15, 0.2) is 6.61 Å². The van der Waals surface area contributed by atoms with Crippen molar-refractivity contribution < 1.29 is 24.0 Å². The number of nitrogens with zero attached hydrogens (tertiary/aromatic N) is 1. The number of nitrogens with one attached hydrogen (secondary N) is 1. The number of aryl methyl sites for hydroxylation is 1. The number of likely N-dealkylation sites (N-methyl/N-ethyl adjacent to an activating group) is 1. The Labute approximate surface area is 183 Å². The predicted octanol–water partition coefficient (Wildman–Crippen LogP) is 1.79. The molecule has 0 spiro atoms. The van der Waals surface area contributed by atoms with E-state index < -0.39 is 5.97 Å². The van der Waals surface area contributed by atoms with E-state index in [1.165, 1.54) is 21.6 Å². The van der Waals surface area contributed by atoms with Crippen molar-refractivity contribution in [2.24, 2.45) is 0 Å². The highest BCUT2D eigenvalue weighted by atomic mass is 16.5. The van der Waals surface area contributed by atoms with Gasteiger partial charge >= 0.3 is 5.97 Å². The summed E-state index contributed by atoms with van der Waals surface area (Å²) in [5.74, 6) is -0.640. The zero-order valence-corrected chi connectivity index (χ0v) is 18.1. The molecule has 2 aromatic carbocycles. The summed E-state index contributed by atoms with van der Waals surface area (Å²) in [4.78, 5) is 28.3. The Morgan fingerprint density at radius 2 is 1.84 bits per heavy atom. The fraction of sp³-hybridized carbons (Fsp3) is 0.440. The second-order valence-electron chi connectivity index (χ2n) is 8.42. The maximum atomic E-state index is 12.7. The lowest BCUT2D eigenvalue weighted by Crippen LogP contribution is -3.12. The lowest BCUT2D eigenvalue weighted by molar-refractivity contribution is -0.921. The van der Waals surface area contributed by atoms with Crippen molar-refractivity contribution in [3.63, 3.8) is 0 Å². The van der Waals surface area contributed by atoms with Crippen LogP contribution in [0.5, 0.6) is 0 Å². The molecule has 1 heterocycles. The maximum Gasteiger partial charge on any atom is 0.338 e. The Balaban J connectivity index is 1.29. The van der Waals surface area contributed by atoms with Crippen LogP contribution in [0.2, 0.25) is 0 Å². The number of ether oxygens (including phenoxy) is 2. The highest BCUT2D eigenvalue weighted by Crippen LogP contribution is 2.33. The normalized spacial score (nSPS) is 18.8. The predicted molar refractivity (Wildman–Crippen MR) is 117 cm³/mol. The molecule has 2 aliphatic rings. The molecule has 6 heteroatoms. The van der Waals surface area contributed by atoms with Crippen molar-refractivity contribution in [1.29, 1.82) is 0 Å². The van der Waals surface area contributed by atoms with Crippen molar-refractivity contribution in [1.82, 2.24) is 4.90 Å². The first kappa shape index (κ1) is 21.5. The molecule has 0 aromatic heterocycles. The molecule has 164 valence electrons. The largest absolute Gasteiger partial charge is 0.452 e. The second-order valence-corrected chi connectivity index (χ2v) is 8.42. The van der Waals surface area contributed by atoms with E-state index in [4.69, 9.17) is 9.47 Å². The summed E-state index contributed by atoms with van der Waals surface area (Å²) in [6.45, 7) is 4.29. The average Bonchev–Trinajstić information content (AvgIpc) is 2.82. The SMILES string of the molecule is CN(C(=O)COC(=O)c1ccc(C[NH+]2CCOCC2)cc1)[C@H]1CCCc2ccccc21. The van der Waals surface area contributed by atoms with E-state index in [-0.39, 0.29) is 18.6 Å². The molecule has 1 saturated heterocycles. The number of esters is 1. The van der Waals surface area contributed by atoms with Crippen LogP contribution < -0.4 is 4.90 Å². The van der Waals surface area contributed by atoms with Gasteiger partial charge in [0.05, 0.1) is 24.8 Å². The number of carbonyl (C=O) groups is 2. The van der Waals surface area contributed by atoms with Crippen LogP contribution in [-0.2, 0) is 27.2 Å². The van der Waals surface area contributed by atoms with E-state index in [2.05, 4.69) is 12.1 Å². The third kappa shape index (κ3) is 5.32. The number of amides is 1. The molecule has 0 bridgehead atoms. The first-order valence-electron chi connectivity index (χ1n) is 11.1. The average molecular weight is 424 g/mol. The Hall–Kier alpha value is -2.70. The monoisotopic (exact) mass is 423 g/mol. The molecule has 1 aliphatic carbocycles. The van der Waals surface area contributed by atoms with Crippen molar-refractivity contribution in [2.45, 2.75) is 31.8 Å². The molecule has 31 heavy (non-hydrogen) atoms. The van der Waals surface area contributed by atoms with Crippen molar-refractivity contribution in [3.8, 4) is 0 Å². The van der Waals surface area contributed by atoms with Gasteiger partial charge in [-0.1, -0.05) is 36.4 Å². The molecule has 0 radical (unpaired) electrons. The fourth-order valence-electron chi connectivity index (χ4n) is 4.50. The van der Waals surface area contributed by atoms with Crippen LogP contribution >= 0.6 is 0 Å². The van der Waals surface area contributed by atoms with E-state index in [9.17, 15) is 9.59 Å². The van der Waals surface area contributed by atoms with E-state index in [1.807, 2.05) is 24.3 Å². The van der Waals surface area contributed by atoms with Gasteiger partial charge in [-0.15, -0.1) is 0 Å². The second kappa shape index (κ2) is 10.1. The van der Waals surface area contributed by atoms with Gasteiger partial charge in [-0.2, -0.15) is 0 Å². The van der Waals surface area contributed by atoms with Crippen molar-refractivity contribution in [3.05, 3.63) is 70.8 Å². The molecule has 1 N–H and O–H groups in total. The van der Waals surface area contributed by atoms with Crippen molar-refractivity contribution in [2.75, 3.05) is 40.0 Å². The maximum absolute atomic E-state index is 12.7. The third-order valence-corrected chi connectivity index (χ3v) is 6.37. The lowest BCUT2D eigenvalue weighted by Gasteiger charge is -2.33. The van der Waals surface area contributed by atoms with Gasteiger partial charge in [-0.25, -0.2) is 4.79 Å². The van der Waals surface area contributed by atoms with Gasteiger partial charge in [-0.05, 0) is 42.5 Å². The number of quaternary nitrogens is 1. The number of hydrogen-bond donors (Lipinski definition) is 1. The van der Waals surface area contributed by atoms with Gasteiger partial charge in [-0.3, -0.25) is 4.79 Å². The fourth-order valence-corrected chi connectivity index (χ4v) is 4.50. The Morgan fingerprint density at radius 3 is 2.61 bits per heavy atom. The number of benzene rings is 2. The van der Waals surface area contributed by atoms with Gasteiger partial charge < -0.3 is 19.3 Å². The van der Waals surface area contributed by atoms with E-state index in [1.54, 1.807) is 24.1 Å². The van der Waals surface area contributed by atoms with Crippen molar-refractivity contribution >= 4 is 11.9 Å². The highest BCUT2D eigenvalue weighted by Gasteiger charge is 2.27. The third-order valence-electron chi connectivity index (χ3n) is 6.37.